The van der Waals surface area contributed by atoms with Crippen LogP contribution in [0.25, 0.3) is 0 Å². The highest BCUT2D eigenvalue weighted by molar-refractivity contribution is 6.31. The molecule has 1 heterocycles. The van der Waals surface area contributed by atoms with Crippen LogP contribution in [0.5, 0.6) is 5.75 Å². The predicted molar refractivity (Wildman–Crippen MR) is 76.7 cm³/mol. The Morgan fingerprint density at radius 3 is 2.68 bits per heavy atom. The minimum Gasteiger partial charge on any atom is -0.481 e. The lowest BCUT2D eigenvalue weighted by molar-refractivity contribution is -0.137. The molecule has 1 fully saturated rings. The molecule has 1 aliphatic heterocycles. The fourth-order valence-electron chi connectivity index (χ4n) is 2.30. The molecule has 0 saturated carbocycles. The Labute approximate surface area is 119 Å². The first-order chi connectivity index (χ1) is 9.11. The highest BCUT2D eigenvalue weighted by Gasteiger charge is 2.26. The van der Waals surface area contributed by atoms with Crippen molar-refractivity contribution in [2.45, 2.75) is 39.2 Å². The van der Waals surface area contributed by atoms with Crippen molar-refractivity contribution < 1.29 is 9.53 Å². The number of likely N-dealkylation sites (tertiary alicyclic amines) is 1. The van der Waals surface area contributed by atoms with Crippen LogP contribution < -0.4 is 4.74 Å². The number of ether oxygens (including phenoxy) is 1. The average molecular weight is 282 g/mol. The van der Waals surface area contributed by atoms with Crippen molar-refractivity contribution in [3.8, 4) is 5.75 Å². The quantitative estimate of drug-likeness (QED) is 0.846. The number of aryl methyl sites for hydroxylation is 1. The molecule has 1 aromatic rings. The minimum absolute atomic E-state index is 0.104. The van der Waals surface area contributed by atoms with Crippen LogP contribution in [0.15, 0.2) is 18.2 Å². The normalized spacial score (nSPS) is 16.5. The largest absolute Gasteiger partial charge is 0.481 e. The summed E-state index contributed by atoms with van der Waals surface area (Å²) >= 11 is 5.99. The summed E-state index contributed by atoms with van der Waals surface area (Å²) in [4.78, 5) is 14.2. The standard InChI is InChI=1S/C15H20ClNO2/c1-3-14(15(18)17-8-4-5-9-17)19-12-6-7-13(16)11(2)10-12/h6-7,10,14H,3-5,8-9H2,1-2H3. The van der Waals surface area contributed by atoms with Gasteiger partial charge in [-0.1, -0.05) is 18.5 Å². The van der Waals surface area contributed by atoms with E-state index in [4.69, 9.17) is 16.3 Å². The molecule has 104 valence electrons. The van der Waals surface area contributed by atoms with Gasteiger partial charge in [-0.2, -0.15) is 0 Å². The molecule has 0 bridgehead atoms. The molecular formula is C15H20ClNO2. The maximum absolute atomic E-state index is 12.3. The van der Waals surface area contributed by atoms with Gasteiger partial charge in [0.25, 0.3) is 5.91 Å². The van der Waals surface area contributed by atoms with Gasteiger partial charge >= 0.3 is 0 Å². The third kappa shape index (κ3) is 3.41. The molecule has 1 aliphatic rings. The fraction of sp³-hybridized carbons (Fsp3) is 0.533. The van der Waals surface area contributed by atoms with Crippen LogP contribution in [0.1, 0.15) is 31.7 Å². The highest BCUT2D eigenvalue weighted by Crippen LogP contribution is 2.23. The first-order valence-electron chi connectivity index (χ1n) is 6.83. The van der Waals surface area contributed by atoms with Crippen LogP contribution in [0.3, 0.4) is 0 Å². The van der Waals surface area contributed by atoms with Crippen LogP contribution in [0.4, 0.5) is 0 Å². The van der Waals surface area contributed by atoms with Crippen molar-refractivity contribution >= 4 is 17.5 Å². The van der Waals surface area contributed by atoms with E-state index in [1.54, 1.807) is 6.07 Å². The lowest BCUT2D eigenvalue weighted by atomic mass is 10.2. The van der Waals surface area contributed by atoms with Crippen LogP contribution in [0.2, 0.25) is 5.02 Å². The molecule has 0 aromatic heterocycles. The van der Waals surface area contributed by atoms with Gasteiger partial charge in [0.2, 0.25) is 0 Å². The van der Waals surface area contributed by atoms with Crippen molar-refractivity contribution in [3.05, 3.63) is 28.8 Å². The summed E-state index contributed by atoms with van der Waals surface area (Å²) in [5, 5.41) is 0.714. The third-order valence-corrected chi connectivity index (χ3v) is 3.90. The van der Waals surface area contributed by atoms with Crippen molar-refractivity contribution in [1.29, 1.82) is 0 Å². The van der Waals surface area contributed by atoms with E-state index in [9.17, 15) is 4.79 Å². The first-order valence-corrected chi connectivity index (χ1v) is 7.21. The number of nitrogens with zero attached hydrogens (tertiary/aromatic N) is 1. The monoisotopic (exact) mass is 281 g/mol. The highest BCUT2D eigenvalue weighted by atomic mass is 35.5. The van der Waals surface area contributed by atoms with Gasteiger partial charge < -0.3 is 9.64 Å². The zero-order chi connectivity index (χ0) is 13.8. The molecule has 4 heteroatoms. The summed E-state index contributed by atoms with van der Waals surface area (Å²) in [5.41, 5.74) is 0.961. The summed E-state index contributed by atoms with van der Waals surface area (Å²) in [6.07, 6.45) is 2.49. The van der Waals surface area contributed by atoms with Crippen molar-refractivity contribution in [2.75, 3.05) is 13.1 Å². The van der Waals surface area contributed by atoms with E-state index < -0.39 is 6.10 Å². The second-order valence-electron chi connectivity index (χ2n) is 4.96. The molecule has 1 aromatic carbocycles. The third-order valence-electron chi connectivity index (χ3n) is 3.47. The maximum atomic E-state index is 12.3. The van der Waals surface area contributed by atoms with Crippen molar-refractivity contribution in [3.63, 3.8) is 0 Å². The van der Waals surface area contributed by atoms with Crippen molar-refractivity contribution in [1.82, 2.24) is 4.90 Å². The van der Waals surface area contributed by atoms with Gasteiger partial charge in [0.05, 0.1) is 0 Å². The van der Waals surface area contributed by atoms with E-state index in [1.165, 1.54) is 0 Å². The van der Waals surface area contributed by atoms with E-state index in [-0.39, 0.29) is 5.91 Å². The van der Waals surface area contributed by atoms with Gasteiger partial charge in [-0.3, -0.25) is 4.79 Å². The molecule has 19 heavy (non-hydrogen) atoms. The van der Waals surface area contributed by atoms with Gasteiger partial charge in [0.15, 0.2) is 6.10 Å². The molecule has 1 unspecified atom stereocenters. The molecule has 1 saturated heterocycles. The molecule has 0 N–H and O–H groups in total. The van der Waals surface area contributed by atoms with Crippen LogP contribution >= 0.6 is 11.6 Å². The number of carbonyl (C=O) groups is 1. The van der Waals surface area contributed by atoms with Gasteiger partial charge in [0.1, 0.15) is 5.75 Å². The van der Waals surface area contributed by atoms with Crippen molar-refractivity contribution in [2.24, 2.45) is 0 Å². The fourth-order valence-corrected chi connectivity index (χ4v) is 2.42. The zero-order valence-corrected chi connectivity index (χ0v) is 12.2. The predicted octanol–water partition coefficient (Wildman–Crippen LogP) is 3.43. The maximum Gasteiger partial charge on any atom is 0.263 e. The topological polar surface area (TPSA) is 29.5 Å². The van der Waals surface area contributed by atoms with Crippen LogP contribution in [-0.2, 0) is 4.79 Å². The molecule has 0 radical (unpaired) electrons. The summed E-state index contributed by atoms with van der Waals surface area (Å²) in [7, 11) is 0. The molecular weight excluding hydrogens is 262 g/mol. The number of hydrogen-bond donors (Lipinski definition) is 0. The Morgan fingerprint density at radius 2 is 2.11 bits per heavy atom. The Morgan fingerprint density at radius 1 is 1.42 bits per heavy atom. The number of halogens is 1. The van der Waals surface area contributed by atoms with Gasteiger partial charge in [-0.05, 0) is 49.9 Å². The average Bonchev–Trinajstić information content (AvgIpc) is 2.93. The van der Waals surface area contributed by atoms with Gasteiger partial charge in [-0.25, -0.2) is 0 Å². The molecule has 3 nitrogen and oxygen atoms in total. The SMILES string of the molecule is CCC(Oc1ccc(Cl)c(C)c1)C(=O)N1CCCC1. The number of rotatable bonds is 4. The number of benzene rings is 1. The summed E-state index contributed by atoms with van der Waals surface area (Å²) in [6.45, 7) is 5.62. The zero-order valence-electron chi connectivity index (χ0n) is 11.5. The number of hydrogen-bond acceptors (Lipinski definition) is 2. The van der Waals surface area contributed by atoms with E-state index >= 15 is 0 Å². The smallest absolute Gasteiger partial charge is 0.263 e. The second kappa shape index (κ2) is 6.29. The molecule has 2 rings (SSSR count). The molecule has 1 amide bonds. The lowest BCUT2D eigenvalue weighted by Crippen LogP contribution is -2.40. The summed E-state index contributed by atoms with van der Waals surface area (Å²) < 4.78 is 5.82. The Bertz CT molecular complexity index is 455. The van der Waals surface area contributed by atoms with Gasteiger partial charge in [0, 0.05) is 18.1 Å². The lowest BCUT2D eigenvalue weighted by Gasteiger charge is -2.23. The van der Waals surface area contributed by atoms with E-state index in [0.717, 1.165) is 31.5 Å². The molecule has 0 spiro atoms. The van der Waals surface area contributed by atoms with E-state index in [1.807, 2.05) is 30.9 Å². The number of amides is 1. The summed E-state index contributed by atoms with van der Waals surface area (Å²) in [5.74, 6) is 0.814. The minimum atomic E-state index is -0.390. The van der Waals surface area contributed by atoms with Crippen LogP contribution in [0, 0.1) is 6.92 Å². The Hall–Kier alpha value is -1.22. The second-order valence-corrected chi connectivity index (χ2v) is 5.37. The Balaban J connectivity index is 2.05. The number of carbonyl (C=O) groups excluding carboxylic acids is 1. The molecule has 1 atom stereocenters. The Kier molecular flexibility index (Phi) is 4.70. The first kappa shape index (κ1) is 14.2. The van der Waals surface area contributed by atoms with Gasteiger partial charge in [-0.15, -0.1) is 0 Å². The summed E-state index contributed by atoms with van der Waals surface area (Å²) in [6, 6.07) is 5.50. The van der Waals surface area contributed by atoms with Crippen LogP contribution in [-0.4, -0.2) is 30.0 Å². The van der Waals surface area contributed by atoms with E-state index in [0.29, 0.717) is 17.2 Å². The molecule has 0 aliphatic carbocycles. The van der Waals surface area contributed by atoms with E-state index in [2.05, 4.69) is 0 Å².